The number of Topliss-reactive ketones (excluding diaryl/α,β-unsaturated/α-hetero) is 1. The van der Waals surface area contributed by atoms with Crippen LogP contribution in [-0.4, -0.2) is 71.9 Å². The maximum absolute atomic E-state index is 14.2. The van der Waals surface area contributed by atoms with Gasteiger partial charge in [0.15, 0.2) is 5.78 Å². The Morgan fingerprint density at radius 3 is 2.59 bits per heavy atom. The topological polar surface area (TPSA) is 131 Å². The van der Waals surface area contributed by atoms with Crippen LogP contribution in [0.5, 0.6) is 0 Å². The molecule has 248 valence electrons. The van der Waals surface area contributed by atoms with Crippen molar-refractivity contribution in [1.29, 1.82) is 0 Å². The minimum Gasteiger partial charge on any atom is -0.460 e. The highest BCUT2D eigenvalue weighted by Gasteiger charge is 2.48. The predicted molar refractivity (Wildman–Crippen MR) is 172 cm³/mol. The average molecular weight is 634 g/mol. The summed E-state index contributed by atoms with van der Waals surface area (Å²) in [5, 5.41) is 5.56. The monoisotopic (exact) mass is 633 g/mol. The summed E-state index contributed by atoms with van der Waals surface area (Å²) in [6.45, 7) is 13.4. The predicted octanol–water partition coefficient (Wildman–Crippen LogP) is 4.15. The van der Waals surface area contributed by atoms with E-state index in [1.54, 1.807) is 6.08 Å². The van der Waals surface area contributed by atoms with E-state index in [4.69, 9.17) is 9.47 Å². The SMILES string of the molecule is C=C[C@@H]1CC(=O)C1NC(=O)[C@@H]1C[C@@H]2CN1C(=O)[C@H](C(C)(C)C)NC(=O)OCC(C)(C)CC/C=C/c1cccc3c1CC(C3)C(=O)O2. The number of hydrogen-bond donors (Lipinski definition) is 2. The number of cyclic esters (lactones) is 1. The van der Waals surface area contributed by atoms with Crippen molar-refractivity contribution in [2.75, 3.05) is 13.2 Å². The molecule has 0 radical (unpaired) electrons. The van der Waals surface area contributed by atoms with E-state index in [-0.39, 0.29) is 48.6 Å². The van der Waals surface area contributed by atoms with Crippen LogP contribution in [0.1, 0.15) is 77.0 Å². The Bertz CT molecular complexity index is 1440. The molecule has 4 bridgehead atoms. The number of nitrogens with zero attached hydrogens (tertiary/aromatic N) is 1. The molecule has 5 rings (SSSR count). The molecule has 10 nitrogen and oxygen atoms in total. The summed E-state index contributed by atoms with van der Waals surface area (Å²) in [4.78, 5) is 68.2. The molecular formula is C36H47N3O7. The zero-order chi connectivity index (χ0) is 33.4. The number of fused-ring (bicyclic) bond motifs is 3. The molecule has 0 spiro atoms. The zero-order valence-electron chi connectivity index (χ0n) is 27.6. The number of ketones is 1. The second kappa shape index (κ2) is 13.0. The largest absolute Gasteiger partial charge is 0.460 e. The molecule has 10 heteroatoms. The first-order chi connectivity index (χ1) is 21.7. The van der Waals surface area contributed by atoms with Gasteiger partial charge in [0.05, 0.1) is 25.1 Å². The van der Waals surface area contributed by atoms with E-state index in [2.05, 4.69) is 29.4 Å². The highest BCUT2D eigenvalue weighted by atomic mass is 16.6. The molecule has 1 saturated carbocycles. The van der Waals surface area contributed by atoms with Gasteiger partial charge in [0.2, 0.25) is 11.8 Å². The first-order valence-corrected chi connectivity index (χ1v) is 16.3. The summed E-state index contributed by atoms with van der Waals surface area (Å²) in [5.41, 5.74) is 2.26. The third kappa shape index (κ3) is 7.21. The molecule has 2 N–H and O–H groups in total. The fourth-order valence-corrected chi connectivity index (χ4v) is 6.84. The molecule has 1 aromatic rings. The molecule has 6 atom stereocenters. The second-order valence-corrected chi connectivity index (χ2v) is 15.1. The fraction of sp³-hybridized carbons (Fsp3) is 0.583. The molecule has 1 aromatic carbocycles. The maximum atomic E-state index is 14.2. The Morgan fingerprint density at radius 1 is 1.13 bits per heavy atom. The molecule has 2 fully saturated rings. The van der Waals surface area contributed by atoms with Gasteiger partial charge >= 0.3 is 12.1 Å². The van der Waals surface area contributed by atoms with Crippen LogP contribution in [0.2, 0.25) is 0 Å². The quantitative estimate of drug-likeness (QED) is 0.378. The highest BCUT2D eigenvalue weighted by Crippen LogP contribution is 2.34. The normalized spacial score (nSPS) is 30.8. The average Bonchev–Trinajstić information content (AvgIpc) is 3.62. The number of nitrogens with one attached hydrogen (secondary N) is 2. The van der Waals surface area contributed by atoms with Gasteiger partial charge in [-0.05, 0) is 53.2 Å². The number of ether oxygens (including phenoxy) is 2. The van der Waals surface area contributed by atoms with Crippen molar-refractivity contribution in [2.24, 2.45) is 22.7 Å². The van der Waals surface area contributed by atoms with E-state index in [9.17, 15) is 24.0 Å². The molecule has 1 saturated heterocycles. The number of rotatable bonds is 3. The van der Waals surface area contributed by atoms with Crippen LogP contribution in [0.15, 0.2) is 36.9 Å². The lowest BCUT2D eigenvalue weighted by Crippen LogP contribution is -2.60. The number of allylic oxidation sites excluding steroid dienone is 1. The van der Waals surface area contributed by atoms with Crippen LogP contribution < -0.4 is 10.6 Å². The van der Waals surface area contributed by atoms with Gasteiger partial charge in [-0.2, -0.15) is 0 Å². The van der Waals surface area contributed by atoms with Crippen LogP contribution in [0.25, 0.3) is 6.08 Å². The molecule has 0 aromatic heterocycles. The van der Waals surface area contributed by atoms with E-state index >= 15 is 0 Å². The number of carbonyl (C=O) groups excluding carboxylic acids is 5. The summed E-state index contributed by atoms with van der Waals surface area (Å²) in [5.74, 6) is -2.01. The van der Waals surface area contributed by atoms with Gasteiger partial charge in [-0.1, -0.05) is 71.0 Å². The molecule has 2 aliphatic carbocycles. The second-order valence-electron chi connectivity index (χ2n) is 15.1. The van der Waals surface area contributed by atoms with Crippen molar-refractivity contribution >= 4 is 35.7 Å². The molecule has 2 heterocycles. The van der Waals surface area contributed by atoms with Gasteiger partial charge in [-0.3, -0.25) is 19.2 Å². The molecule has 4 aliphatic rings. The molecular weight excluding hydrogens is 586 g/mol. The number of carbonyl (C=O) groups is 5. The highest BCUT2D eigenvalue weighted by molar-refractivity contribution is 5.98. The standard InChI is InChI=1S/C36H47N3O7/c1-7-21-17-28(40)29(21)37-31(41)27-18-25-19-39(27)32(42)30(35(2,3)4)38-34(44)45-20-36(5,6)14-9-8-11-22-12-10-13-23-15-24(16-26(22)23)33(43)46-25/h7-8,10-13,21,24-25,27,29-30H,1,9,14-20H2,2-6H3,(H,37,41)(H,38,44)/b11-8+/t21-,24?,25-,27+,29?,30-/m1/s1. The summed E-state index contributed by atoms with van der Waals surface area (Å²) < 4.78 is 11.6. The number of esters is 1. The lowest BCUT2D eigenvalue weighted by atomic mass is 9.78. The maximum Gasteiger partial charge on any atom is 0.407 e. The third-order valence-corrected chi connectivity index (χ3v) is 9.76. The fourth-order valence-electron chi connectivity index (χ4n) is 6.84. The molecule has 46 heavy (non-hydrogen) atoms. The number of amides is 3. The van der Waals surface area contributed by atoms with Crippen molar-refractivity contribution in [3.8, 4) is 0 Å². The Kier molecular flexibility index (Phi) is 9.47. The van der Waals surface area contributed by atoms with Crippen LogP contribution in [0.3, 0.4) is 0 Å². The summed E-state index contributed by atoms with van der Waals surface area (Å²) in [7, 11) is 0. The van der Waals surface area contributed by atoms with E-state index in [0.717, 1.165) is 29.5 Å². The minimum absolute atomic E-state index is 0.0177. The number of alkyl carbamates (subject to hydrolysis) is 1. The summed E-state index contributed by atoms with van der Waals surface area (Å²) in [6, 6.07) is 3.35. The summed E-state index contributed by atoms with van der Waals surface area (Å²) in [6.07, 6.45) is 7.43. The van der Waals surface area contributed by atoms with Gasteiger partial charge < -0.3 is 25.0 Å². The molecule has 3 amide bonds. The Balaban J connectivity index is 1.44. The van der Waals surface area contributed by atoms with Gasteiger partial charge in [-0.15, -0.1) is 6.58 Å². The van der Waals surface area contributed by atoms with Gasteiger partial charge in [0.25, 0.3) is 0 Å². The first-order valence-electron chi connectivity index (χ1n) is 16.3. The van der Waals surface area contributed by atoms with Crippen molar-refractivity contribution < 1.29 is 33.4 Å². The smallest absolute Gasteiger partial charge is 0.407 e. The lowest BCUT2D eigenvalue weighted by molar-refractivity contribution is -0.154. The van der Waals surface area contributed by atoms with Crippen LogP contribution in [-0.2, 0) is 41.5 Å². The van der Waals surface area contributed by atoms with Crippen molar-refractivity contribution in [3.05, 3.63) is 53.6 Å². The third-order valence-electron chi connectivity index (χ3n) is 9.76. The van der Waals surface area contributed by atoms with Crippen LogP contribution in [0, 0.1) is 22.7 Å². The van der Waals surface area contributed by atoms with Crippen molar-refractivity contribution in [3.63, 3.8) is 0 Å². The van der Waals surface area contributed by atoms with E-state index in [1.165, 1.54) is 4.90 Å². The summed E-state index contributed by atoms with van der Waals surface area (Å²) >= 11 is 0. The Hall–Kier alpha value is -3.95. The van der Waals surface area contributed by atoms with Gasteiger partial charge in [-0.25, -0.2) is 4.79 Å². The Labute approximate surface area is 271 Å². The van der Waals surface area contributed by atoms with Crippen LogP contribution in [0.4, 0.5) is 4.79 Å². The van der Waals surface area contributed by atoms with E-state index in [1.807, 2.05) is 52.8 Å². The first kappa shape index (κ1) is 33.4. The van der Waals surface area contributed by atoms with E-state index in [0.29, 0.717) is 19.3 Å². The number of hydrogen-bond acceptors (Lipinski definition) is 7. The van der Waals surface area contributed by atoms with Crippen molar-refractivity contribution in [2.45, 2.75) is 97.4 Å². The van der Waals surface area contributed by atoms with E-state index < -0.39 is 47.6 Å². The van der Waals surface area contributed by atoms with Crippen LogP contribution >= 0.6 is 0 Å². The molecule has 2 unspecified atom stereocenters. The molecule has 2 aliphatic heterocycles. The lowest BCUT2D eigenvalue weighted by Gasteiger charge is -2.37. The minimum atomic E-state index is -1.03. The van der Waals surface area contributed by atoms with Gasteiger partial charge in [0, 0.05) is 18.8 Å². The zero-order valence-corrected chi connectivity index (χ0v) is 27.6. The van der Waals surface area contributed by atoms with Gasteiger partial charge in [0.1, 0.15) is 18.2 Å². The Morgan fingerprint density at radius 2 is 1.89 bits per heavy atom. The van der Waals surface area contributed by atoms with Crippen molar-refractivity contribution in [1.82, 2.24) is 15.5 Å². The number of benzene rings is 1.